The maximum absolute atomic E-state index is 12.2. The van der Waals surface area contributed by atoms with E-state index in [2.05, 4.69) is 10.0 Å². The van der Waals surface area contributed by atoms with Gasteiger partial charge in [0.25, 0.3) is 0 Å². The van der Waals surface area contributed by atoms with Gasteiger partial charge in [-0.15, -0.1) is 0 Å². The number of hydrogen-bond acceptors (Lipinski definition) is 3. The molecular weight excluding hydrogens is 274 g/mol. The molecule has 0 heterocycles. The Morgan fingerprint density at radius 2 is 1.95 bits per heavy atom. The topological polar surface area (TPSA) is 61.4 Å². The molecule has 20 heavy (non-hydrogen) atoms. The monoisotopic (exact) mass is 299 g/mol. The summed E-state index contributed by atoms with van der Waals surface area (Å²) in [6, 6.07) is 5.73. The van der Waals surface area contributed by atoms with Crippen molar-refractivity contribution in [3.63, 3.8) is 0 Å². The molecule has 0 radical (unpaired) electrons. The first-order chi connectivity index (χ1) is 9.36. The van der Waals surface area contributed by atoms with E-state index in [0.717, 1.165) is 30.6 Å². The van der Waals surface area contributed by atoms with Gasteiger partial charge in [-0.25, -0.2) is 0 Å². The summed E-state index contributed by atoms with van der Waals surface area (Å²) in [6.07, 6.45) is 0.790. The smallest absolute Gasteiger partial charge is 0.301 e. The van der Waals surface area contributed by atoms with Crippen molar-refractivity contribution < 1.29 is 8.42 Å². The number of hydrogen-bond donors (Lipinski definition) is 2. The van der Waals surface area contributed by atoms with Crippen molar-refractivity contribution in [2.45, 2.75) is 27.2 Å². The first kappa shape index (κ1) is 16.9. The quantitative estimate of drug-likeness (QED) is 0.721. The highest BCUT2D eigenvalue weighted by Crippen LogP contribution is 2.18. The van der Waals surface area contributed by atoms with Gasteiger partial charge in [0.05, 0.1) is 5.69 Å². The molecule has 5 nitrogen and oxygen atoms in total. The van der Waals surface area contributed by atoms with Gasteiger partial charge in [-0.05, 0) is 50.6 Å². The zero-order valence-electron chi connectivity index (χ0n) is 12.7. The lowest BCUT2D eigenvalue weighted by atomic mass is 10.1. The molecule has 0 aliphatic carbocycles. The average molecular weight is 299 g/mol. The number of aryl methyl sites for hydroxylation is 2. The Labute approximate surface area is 122 Å². The van der Waals surface area contributed by atoms with Crippen molar-refractivity contribution in [1.82, 2.24) is 9.62 Å². The van der Waals surface area contributed by atoms with Crippen LogP contribution in [-0.4, -0.2) is 39.4 Å². The lowest BCUT2D eigenvalue weighted by Gasteiger charge is -2.19. The van der Waals surface area contributed by atoms with E-state index in [9.17, 15) is 8.42 Å². The Morgan fingerprint density at radius 3 is 2.60 bits per heavy atom. The molecule has 2 N–H and O–H groups in total. The first-order valence-corrected chi connectivity index (χ1v) is 8.33. The van der Waals surface area contributed by atoms with Gasteiger partial charge in [-0.1, -0.05) is 19.1 Å². The molecule has 0 aromatic heterocycles. The van der Waals surface area contributed by atoms with Gasteiger partial charge in [-0.2, -0.15) is 12.7 Å². The molecule has 0 fully saturated rings. The second kappa shape index (κ2) is 7.61. The van der Waals surface area contributed by atoms with Crippen LogP contribution < -0.4 is 10.0 Å². The summed E-state index contributed by atoms with van der Waals surface area (Å²) in [5.41, 5.74) is 2.59. The van der Waals surface area contributed by atoms with Crippen LogP contribution in [0.3, 0.4) is 0 Å². The Morgan fingerprint density at radius 1 is 1.25 bits per heavy atom. The highest BCUT2D eigenvalue weighted by molar-refractivity contribution is 7.90. The number of benzene rings is 1. The van der Waals surface area contributed by atoms with Crippen LogP contribution in [0.2, 0.25) is 0 Å². The molecule has 0 aliphatic heterocycles. The van der Waals surface area contributed by atoms with Crippen LogP contribution in [0.15, 0.2) is 18.2 Å². The third kappa shape index (κ3) is 5.11. The second-order valence-electron chi connectivity index (χ2n) is 4.95. The summed E-state index contributed by atoms with van der Waals surface area (Å²) in [7, 11) is -1.89. The van der Waals surface area contributed by atoms with E-state index in [1.165, 1.54) is 4.31 Å². The summed E-state index contributed by atoms with van der Waals surface area (Å²) in [4.78, 5) is 0. The minimum atomic E-state index is -3.48. The van der Waals surface area contributed by atoms with Crippen molar-refractivity contribution in [3.05, 3.63) is 29.3 Å². The SMILES string of the molecule is CCNCCCN(C)S(=O)(=O)Nc1cc(C)ccc1C. The maximum Gasteiger partial charge on any atom is 0.301 e. The number of nitrogens with one attached hydrogen (secondary N) is 2. The molecule has 0 spiro atoms. The van der Waals surface area contributed by atoms with Crippen molar-refractivity contribution >= 4 is 15.9 Å². The predicted molar refractivity (Wildman–Crippen MR) is 84.2 cm³/mol. The minimum absolute atomic E-state index is 0.493. The molecular formula is C14H25N3O2S. The molecule has 0 saturated heterocycles. The van der Waals surface area contributed by atoms with Crippen molar-refractivity contribution in [2.24, 2.45) is 0 Å². The molecule has 1 rings (SSSR count). The molecule has 114 valence electrons. The van der Waals surface area contributed by atoms with Gasteiger partial charge in [0.1, 0.15) is 0 Å². The van der Waals surface area contributed by atoms with E-state index in [0.29, 0.717) is 12.2 Å². The first-order valence-electron chi connectivity index (χ1n) is 6.89. The van der Waals surface area contributed by atoms with Crippen LogP contribution >= 0.6 is 0 Å². The molecule has 1 aromatic carbocycles. The molecule has 1 aromatic rings. The van der Waals surface area contributed by atoms with Crippen molar-refractivity contribution in [3.8, 4) is 0 Å². The molecule has 0 atom stereocenters. The molecule has 0 unspecified atom stereocenters. The van der Waals surface area contributed by atoms with E-state index in [4.69, 9.17) is 0 Å². The van der Waals surface area contributed by atoms with E-state index in [-0.39, 0.29) is 0 Å². The molecule has 0 saturated carbocycles. The Kier molecular flexibility index (Phi) is 6.45. The summed E-state index contributed by atoms with van der Waals surface area (Å²) < 4.78 is 28.4. The lowest BCUT2D eigenvalue weighted by Crippen LogP contribution is -2.34. The van der Waals surface area contributed by atoms with E-state index < -0.39 is 10.2 Å². The normalized spacial score (nSPS) is 11.8. The Hall–Kier alpha value is -1.11. The second-order valence-corrected chi connectivity index (χ2v) is 6.73. The fraction of sp³-hybridized carbons (Fsp3) is 0.571. The molecule has 0 bridgehead atoms. The van der Waals surface area contributed by atoms with Gasteiger partial charge in [0, 0.05) is 13.6 Å². The van der Waals surface area contributed by atoms with E-state index in [1.807, 2.05) is 39.0 Å². The maximum atomic E-state index is 12.2. The van der Waals surface area contributed by atoms with Crippen LogP contribution in [0.25, 0.3) is 0 Å². The molecule has 0 amide bonds. The van der Waals surface area contributed by atoms with Crippen molar-refractivity contribution in [1.29, 1.82) is 0 Å². The fourth-order valence-electron chi connectivity index (χ4n) is 1.79. The standard InChI is InChI=1S/C14H25N3O2S/c1-5-15-9-6-10-17(4)20(18,19)16-14-11-12(2)7-8-13(14)3/h7-8,11,15-16H,5-6,9-10H2,1-4H3. The van der Waals surface area contributed by atoms with Gasteiger partial charge in [-0.3, -0.25) is 4.72 Å². The molecule has 0 aliphatic rings. The van der Waals surface area contributed by atoms with E-state index >= 15 is 0 Å². The van der Waals surface area contributed by atoms with Crippen LogP contribution in [0, 0.1) is 13.8 Å². The lowest BCUT2D eigenvalue weighted by molar-refractivity contribution is 0.459. The van der Waals surface area contributed by atoms with Gasteiger partial charge in [0.15, 0.2) is 0 Å². The zero-order chi connectivity index (χ0) is 15.2. The average Bonchev–Trinajstić information content (AvgIpc) is 2.38. The fourth-order valence-corrected chi connectivity index (χ4v) is 2.81. The van der Waals surface area contributed by atoms with Gasteiger partial charge < -0.3 is 5.32 Å². The van der Waals surface area contributed by atoms with Gasteiger partial charge in [0.2, 0.25) is 0 Å². The number of anilines is 1. The van der Waals surface area contributed by atoms with Crippen LogP contribution in [0.5, 0.6) is 0 Å². The van der Waals surface area contributed by atoms with Crippen LogP contribution in [-0.2, 0) is 10.2 Å². The molecule has 6 heteroatoms. The van der Waals surface area contributed by atoms with Crippen LogP contribution in [0.4, 0.5) is 5.69 Å². The largest absolute Gasteiger partial charge is 0.317 e. The van der Waals surface area contributed by atoms with E-state index in [1.54, 1.807) is 7.05 Å². The van der Waals surface area contributed by atoms with Gasteiger partial charge >= 0.3 is 10.2 Å². The summed E-state index contributed by atoms with van der Waals surface area (Å²) >= 11 is 0. The van der Waals surface area contributed by atoms with Crippen molar-refractivity contribution in [2.75, 3.05) is 31.4 Å². The number of nitrogens with zero attached hydrogens (tertiary/aromatic N) is 1. The summed E-state index contributed by atoms with van der Waals surface area (Å²) in [5, 5.41) is 3.18. The predicted octanol–water partition coefficient (Wildman–Crippen LogP) is 1.89. The summed E-state index contributed by atoms with van der Waals surface area (Å²) in [5.74, 6) is 0. The summed E-state index contributed by atoms with van der Waals surface area (Å²) in [6.45, 7) is 8.08. The highest BCUT2D eigenvalue weighted by Gasteiger charge is 2.17. The Bertz CT molecular complexity index is 529. The van der Waals surface area contributed by atoms with Crippen LogP contribution in [0.1, 0.15) is 24.5 Å². The third-order valence-electron chi connectivity index (χ3n) is 3.12. The highest BCUT2D eigenvalue weighted by atomic mass is 32.2. The number of rotatable bonds is 8. The minimum Gasteiger partial charge on any atom is -0.317 e. The Balaban J connectivity index is 2.66. The third-order valence-corrected chi connectivity index (χ3v) is 4.60. The zero-order valence-corrected chi connectivity index (χ0v) is 13.5.